The van der Waals surface area contributed by atoms with Gasteiger partial charge in [-0.15, -0.1) is 0 Å². The van der Waals surface area contributed by atoms with Crippen molar-refractivity contribution in [1.29, 1.82) is 0 Å². The molecule has 5 N–H and O–H groups in total. The fourth-order valence-corrected chi connectivity index (χ4v) is 1.27. The number of anilines is 1. The summed E-state index contributed by atoms with van der Waals surface area (Å²) >= 11 is 0. The van der Waals surface area contributed by atoms with Gasteiger partial charge in [-0.1, -0.05) is 0 Å². The van der Waals surface area contributed by atoms with Crippen molar-refractivity contribution in [3.8, 4) is 0 Å². The van der Waals surface area contributed by atoms with E-state index in [0.717, 1.165) is 16.6 Å². The van der Waals surface area contributed by atoms with Crippen LogP contribution in [-0.4, -0.2) is 17.3 Å². The van der Waals surface area contributed by atoms with Gasteiger partial charge in [0.25, 0.3) is 0 Å². The van der Waals surface area contributed by atoms with Gasteiger partial charge in [0.15, 0.2) is 11.5 Å². The predicted octanol–water partition coefficient (Wildman–Crippen LogP) is -0.0986. The van der Waals surface area contributed by atoms with Gasteiger partial charge < -0.3 is 5.73 Å². The number of nitrogens with one attached hydrogen (secondary N) is 1. The quantitative estimate of drug-likeness (QED) is 0.445. The minimum atomic E-state index is 0.527. The molecular formula is C8H11N4O+. The molecule has 0 spiro atoms. The summed E-state index contributed by atoms with van der Waals surface area (Å²) in [5, 5.41) is 7.67. The molecule has 0 saturated heterocycles. The molecule has 13 heavy (non-hydrogen) atoms. The van der Waals surface area contributed by atoms with Gasteiger partial charge in [-0.25, -0.2) is 4.84 Å². The normalized spacial score (nSPS) is 10.8. The molecule has 1 aromatic carbocycles. The average Bonchev–Trinajstić information content (AvgIpc) is 2.48. The van der Waals surface area contributed by atoms with Crippen LogP contribution in [-0.2, 0) is 4.84 Å². The van der Waals surface area contributed by atoms with Crippen LogP contribution in [0.2, 0.25) is 0 Å². The largest absolute Gasteiger partial charge is 0.382 e. The van der Waals surface area contributed by atoms with E-state index in [1.807, 2.05) is 18.2 Å². The molecule has 0 fully saturated rings. The van der Waals surface area contributed by atoms with Gasteiger partial charge in [0.1, 0.15) is 0 Å². The third-order valence-corrected chi connectivity index (χ3v) is 1.87. The van der Waals surface area contributed by atoms with Crippen LogP contribution in [0.4, 0.5) is 11.5 Å². The van der Waals surface area contributed by atoms with Crippen LogP contribution in [0.3, 0.4) is 0 Å². The second-order valence-corrected chi connectivity index (χ2v) is 2.77. The van der Waals surface area contributed by atoms with Crippen molar-refractivity contribution in [2.24, 2.45) is 0 Å². The Balaban J connectivity index is 2.50. The van der Waals surface area contributed by atoms with Crippen molar-refractivity contribution in [3.63, 3.8) is 0 Å². The molecule has 0 bridgehead atoms. The van der Waals surface area contributed by atoms with Gasteiger partial charge in [0, 0.05) is 17.5 Å². The SMILES string of the molecule is CO[NH2+]c1ccc2c(N)n[nH]c2c1. The van der Waals surface area contributed by atoms with Gasteiger partial charge in [0.05, 0.1) is 12.6 Å². The summed E-state index contributed by atoms with van der Waals surface area (Å²) in [5.41, 5.74) is 9.18. The zero-order valence-corrected chi connectivity index (χ0v) is 7.24. The third kappa shape index (κ3) is 1.34. The summed E-state index contributed by atoms with van der Waals surface area (Å²) in [6, 6.07) is 5.78. The number of hydrogen-bond acceptors (Lipinski definition) is 3. The fourth-order valence-electron chi connectivity index (χ4n) is 1.27. The first kappa shape index (κ1) is 8.03. The lowest BCUT2D eigenvalue weighted by Crippen LogP contribution is -2.75. The number of aromatic amines is 1. The molecule has 2 aromatic rings. The average molecular weight is 179 g/mol. The molecule has 0 aliphatic heterocycles. The van der Waals surface area contributed by atoms with E-state index >= 15 is 0 Å². The van der Waals surface area contributed by atoms with E-state index in [-0.39, 0.29) is 0 Å². The number of aromatic nitrogens is 2. The number of fused-ring (bicyclic) bond motifs is 1. The number of H-pyrrole nitrogens is 1. The Bertz CT molecular complexity index is 423. The van der Waals surface area contributed by atoms with Crippen molar-refractivity contribution in [2.45, 2.75) is 0 Å². The highest BCUT2D eigenvalue weighted by molar-refractivity contribution is 5.89. The second-order valence-electron chi connectivity index (χ2n) is 2.77. The Morgan fingerprint density at radius 2 is 2.38 bits per heavy atom. The number of hydrogen-bond donors (Lipinski definition) is 3. The van der Waals surface area contributed by atoms with Crippen molar-refractivity contribution >= 4 is 22.4 Å². The van der Waals surface area contributed by atoms with E-state index in [2.05, 4.69) is 10.2 Å². The number of nitrogens with zero attached hydrogens (tertiary/aromatic N) is 1. The lowest BCUT2D eigenvalue weighted by atomic mass is 10.2. The standard InChI is InChI=1S/C8H10N4O/c1-13-12-5-2-3-6-7(4-5)10-11-8(6)9/h2-4,12H,1H3,(H3,9,10,11)/p+1. The number of quaternary nitrogens is 1. The summed E-state index contributed by atoms with van der Waals surface area (Å²) in [6.45, 7) is 0. The predicted molar refractivity (Wildman–Crippen MR) is 49.1 cm³/mol. The summed E-state index contributed by atoms with van der Waals surface area (Å²) in [7, 11) is 1.62. The van der Waals surface area contributed by atoms with Crippen LogP contribution in [0.1, 0.15) is 0 Å². The molecule has 0 atom stereocenters. The number of rotatable bonds is 2. The highest BCUT2D eigenvalue weighted by atomic mass is 16.6. The Labute approximate surface area is 74.8 Å². The minimum Gasteiger partial charge on any atom is -0.382 e. The maximum atomic E-state index is 5.62. The minimum absolute atomic E-state index is 0.527. The number of nitrogen functional groups attached to an aromatic ring is 1. The zero-order chi connectivity index (χ0) is 9.26. The summed E-state index contributed by atoms with van der Waals surface area (Å²) in [6.07, 6.45) is 0. The van der Waals surface area contributed by atoms with E-state index in [1.54, 1.807) is 12.6 Å². The molecule has 1 aromatic heterocycles. The molecule has 0 aliphatic carbocycles. The van der Waals surface area contributed by atoms with Gasteiger partial charge in [-0.3, -0.25) is 5.10 Å². The Morgan fingerprint density at radius 3 is 3.15 bits per heavy atom. The molecule has 1 heterocycles. The molecule has 5 nitrogen and oxygen atoms in total. The molecular weight excluding hydrogens is 168 g/mol. The fraction of sp³-hybridized carbons (Fsp3) is 0.125. The Hall–Kier alpha value is -1.59. The van der Waals surface area contributed by atoms with Crippen LogP contribution in [0.15, 0.2) is 18.2 Å². The highest BCUT2D eigenvalue weighted by Crippen LogP contribution is 2.18. The zero-order valence-electron chi connectivity index (χ0n) is 7.24. The van der Waals surface area contributed by atoms with Crippen LogP contribution in [0, 0.1) is 0 Å². The molecule has 0 unspecified atom stereocenters. The molecule has 2 rings (SSSR count). The first-order valence-electron chi connectivity index (χ1n) is 3.91. The van der Waals surface area contributed by atoms with Gasteiger partial charge in [0.2, 0.25) is 0 Å². The van der Waals surface area contributed by atoms with E-state index in [4.69, 9.17) is 10.6 Å². The first-order valence-corrected chi connectivity index (χ1v) is 3.91. The second kappa shape index (κ2) is 3.04. The lowest BCUT2D eigenvalue weighted by Gasteiger charge is -1.95. The Morgan fingerprint density at radius 1 is 1.54 bits per heavy atom. The molecule has 0 radical (unpaired) electrons. The van der Waals surface area contributed by atoms with Crippen LogP contribution >= 0.6 is 0 Å². The maximum absolute atomic E-state index is 5.62. The molecule has 0 amide bonds. The van der Waals surface area contributed by atoms with Crippen LogP contribution in [0.5, 0.6) is 0 Å². The van der Waals surface area contributed by atoms with Crippen molar-refractivity contribution in [3.05, 3.63) is 18.2 Å². The molecule has 68 valence electrons. The van der Waals surface area contributed by atoms with Gasteiger partial charge in [-0.05, 0) is 6.07 Å². The molecule has 0 saturated carbocycles. The number of benzene rings is 1. The lowest BCUT2D eigenvalue weighted by molar-refractivity contribution is -0.830. The Kier molecular flexibility index (Phi) is 1.88. The van der Waals surface area contributed by atoms with Gasteiger partial charge >= 0.3 is 0 Å². The van der Waals surface area contributed by atoms with E-state index in [0.29, 0.717) is 5.82 Å². The summed E-state index contributed by atoms with van der Waals surface area (Å²) < 4.78 is 0. The number of nitrogens with two attached hydrogens (primary N) is 2. The van der Waals surface area contributed by atoms with E-state index in [1.165, 1.54) is 0 Å². The van der Waals surface area contributed by atoms with E-state index < -0.39 is 0 Å². The summed E-state index contributed by atoms with van der Waals surface area (Å²) in [4.78, 5) is 4.89. The molecule has 5 heteroatoms. The third-order valence-electron chi connectivity index (χ3n) is 1.87. The van der Waals surface area contributed by atoms with Crippen LogP contribution in [0.25, 0.3) is 10.9 Å². The maximum Gasteiger partial charge on any atom is 0.164 e. The van der Waals surface area contributed by atoms with Crippen LogP contribution < -0.4 is 11.2 Å². The highest BCUT2D eigenvalue weighted by Gasteiger charge is 2.04. The first-order chi connectivity index (χ1) is 6.31. The van der Waals surface area contributed by atoms with Crippen molar-refractivity contribution in [2.75, 3.05) is 12.8 Å². The molecule has 0 aliphatic rings. The smallest absolute Gasteiger partial charge is 0.164 e. The summed E-state index contributed by atoms with van der Waals surface area (Å²) in [5.74, 6) is 0.527. The van der Waals surface area contributed by atoms with E-state index in [9.17, 15) is 0 Å². The monoisotopic (exact) mass is 179 g/mol. The topological polar surface area (TPSA) is 80.5 Å². The van der Waals surface area contributed by atoms with Crippen molar-refractivity contribution in [1.82, 2.24) is 10.2 Å². The van der Waals surface area contributed by atoms with Crippen molar-refractivity contribution < 1.29 is 10.3 Å². The van der Waals surface area contributed by atoms with Gasteiger partial charge in [-0.2, -0.15) is 10.6 Å².